The Balaban J connectivity index is 0.00000147. The number of aromatic nitrogens is 2. The second-order valence-electron chi connectivity index (χ2n) is 9.80. The number of rotatable bonds is 7. The topological polar surface area (TPSA) is 82.0 Å². The maximum atomic E-state index is 14.8. The summed E-state index contributed by atoms with van der Waals surface area (Å²) in [6.45, 7) is 12.8. The van der Waals surface area contributed by atoms with E-state index < -0.39 is 5.82 Å². The summed E-state index contributed by atoms with van der Waals surface area (Å²) < 4.78 is 14.8. The molecule has 1 aromatic heterocycles. The van der Waals surface area contributed by atoms with Crippen molar-refractivity contribution < 1.29 is 14.0 Å². The number of nitrogens with zero attached hydrogens (tertiary/aromatic N) is 6. The number of carbonyl (C=O) groups is 2. The summed E-state index contributed by atoms with van der Waals surface area (Å²) in [5.41, 5.74) is 2.13. The fourth-order valence-corrected chi connectivity index (χ4v) is 4.96. The molecule has 0 bridgehead atoms. The van der Waals surface area contributed by atoms with Crippen LogP contribution < -0.4 is 4.90 Å². The second-order valence-corrected chi connectivity index (χ2v) is 10.2. The van der Waals surface area contributed by atoms with Crippen LogP contribution in [0.25, 0.3) is 11.3 Å². The van der Waals surface area contributed by atoms with Gasteiger partial charge in [0, 0.05) is 38.3 Å². The zero-order chi connectivity index (χ0) is 30.1. The van der Waals surface area contributed by atoms with Crippen LogP contribution in [0.2, 0.25) is 5.15 Å². The van der Waals surface area contributed by atoms with E-state index in [1.807, 2.05) is 56.9 Å². The average molecular weight is 579 g/mol. The van der Waals surface area contributed by atoms with E-state index in [0.717, 1.165) is 12.0 Å². The molecule has 1 unspecified atom stereocenters. The molecule has 8 nitrogen and oxygen atoms in total. The summed E-state index contributed by atoms with van der Waals surface area (Å²) in [6, 6.07) is 13.6. The monoisotopic (exact) mass is 578 g/mol. The van der Waals surface area contributed by atoms with Crippen molar-refractivity contribution >= 4 is 41.8 Å². The molecule has 0 aliphatic carbocycles. The Hall–Kier alpha value is -4.11. The number of piperazine rings is 1. The van der Waals surface area contributed by atoms with Gasteiger partial charge in [0.15, 0.2) is 22.5 Å². The lowest BCUT2D eigenvalue weighted by Gasteiger charge is -2.40. The van der Waals surface area contributed by atoms with Crippen molar-refractivity contribution in [2.75, 3.05) is 31.6 Å². The Morgan fingerprint density at radius 2 is 1.80 bits per heavy atom. The zero-order valence-electron chi connectivity index (χ0n) is 24.1. The number of amides is 2. The van der Waals surface area contributed by atoms with Crippen LogP contribution in [0, 0.1) is 5.82 Å². The molecule has 2 aromatic carbocycles. The van der Waals surface area contributed by atoms with E-state index in [4.69, 9.17) is 16.6 Å². The number of anilines is 2. The molecule has 1 atom stereocenters. The number of hydrogen-bond acceptors (Lipinski definition) is 5. The molecule has 0 N–H and O–H groups in total. The highest BCUT2D eigenvalue weighted by atomic mass is 35.5. The lowest BCUT2D eigenvalue weighted by Crippen LogP contribution is -2.54. The van der Waals surface area contributed by atoms with Gasteiger partial charge in [0.25, 0.3) is 0 Å². The Morgan fingerprint density at radius 1 is 1.15 bits per heavy atom. The van der Waals surface area contributed by atoms with Crippen molar-refractivity contribution in [3.05, 3.63) is 83.4 Å². The van der Waals surface area contributed by atoms with Crippen LogP contribution in [0.1, 0.15) is 44.9 Å². The minimum absolute atomic E-state index is 0.0165. The molecule has 10 heteroatoms. The third-order valence-electron chi connectivity index (χ3n) is 6.62. The fraction of sp³-hybridized carbons (Fsp3) is 0.323. The summed E-state index contributed by atoms with van der Waals surface area (Å²) in [5, 5.41) is -0.0165. The maximum Gasteiger partial charge on any atom is 0.219 e. The molecule has 2 heterocycles. The van der Waals surface area contributed by atoms with Gasteiger partial charge >= 0.3 is 0 Å². The van der Waals surface area contributed by atoms with Crippen LogP contribution >= 0.6 is 11.6 Å². The molecule has 0 spiro atoms. The average Bonchev–Trinajstić information content (AvgIpc) is 2.96. The third kappa shape index (κ3) is 6.97. The van der Waals surface area contributed by atoms with Crippen molar-refractivity contribution in [2.24, 2.45) is 4.99 Å². The van der Waals surface area contributed by atoms with Gasteiger partial charge in [-0.3, -0.25) is 19.5 Å². The van der Waals surface area contributed by atoms with Crippen LogP contribution in [0.15, 0.2) is 66.2 Å². The van der Waals surface area contributed by atoms with Gasteiger partial charge in [-0.05, 0) is 43.5 Å². The molecule has 4 rings (SSSR count). The number of para-hydroxylation sites is 1. The molecule has 1 aliphatic rings. The highest BCUT2D eigenvalue weighted by Gasteiger charge is 2.32. The Kier molecular flexibility index (Phi) is 11.1. The van der Waals surface area contributed by atoms with Crippen molar-refractivity contribution in [1.29, 1.82) is 0 Å². The smallest absolute Gasteiger partial charge is 0.219 e. The van der Waals surface area contributed by atoms with E-state index in [0.29, 0.717) is 37.6 Å². The van der Waals surface area contributed by atoms with Crippen molar-refractivity contribution in [1.82, 2.24) is 19.8 Å². The van der Waals surface area contributed by atoms with Crippen LogP contribution in [-0.4, -0.2) is 71.1 Å². The van der Waals surface area contributed by atoms with Crippen molar-refractivity contribution in [3.63, 3.8) is 0 Å². The quantitative estimate of drug-likeness (QED) is 0.147. The molecular formula is C31H36ClFN6O2. The van der Waals surface area contributed by atoms with Crippen LogP contribution in [0.3, 0.4) is 0 Å². The lowest BCUT2D eigenvalue weighted by molar-refractivity contribution is -0.120. The number of benzene rings is 2. The Morgan fingerprint density at radius 3 is 2.39 bits per heavy atom. The minimum Gasteiger partial charge on any atom is -0.349 e. The van der Waals surface area contributed by atoms with Crippen molar-refractivity contribution in [3.8, 4) is 11.3 Å². The predicted octanol–water partition coefficient (Wildman–Crippen LogP) is 6.09. The fourth-order valence-electron chi connectivity index (χ4n) is 4.73. The molecule has 216 valence electrons. The molecular weight excluding hydrogens is 543 g/mol. The normalized spacial score (nSPS) is 15.2. The molecule has 1 aliphatic heterocycles. The van der Waals surface area contributed by atoms with Crippen molar-refractivity contribution in [2.45, 2.75) is 39.7 Å². The van der Waals surface area contributed by atoms with Gasteiger partial charge in [-0.15, -0.1) is 6.58 Å². The first-order valence-corrected chi connectivity index (χ1v) is 13.8. The highest BCUT2D eigenvalue weighted by molar-refractivity contribution is 6.32. The first-order chi connectivity index (χ1) is 19.7. The molecule has 1 saturated heterocycles. The SMILES string of the molecule is C=CC.CN=C(c1nc(Cl)c(-c2ccccc2F)nc1N(C=O)c1ccccc1C(C)C)N1CCN(C=O)CC1C. The molecule has 41 heavy (non-hydrogen) atoms. The van der Waals surface area contributed by atoms with Gasteiger partial charge in [-0.1, -0.05) is 61.9 Å². The first-order valence-electron chi connectivity index (χ1n) is 13.4. The van der Waals surface area contributed by atoms with E-state index in [1.165, 1.54) is 11.0 Å². The van der Waals surface area contributed by atoms with Gasteiger partial charge < -0.3 is 9.80 Å². The van der Waals surface area contributed by atoms with E-state index in [2.05, 4.69) is 16.6 Å². The summed E-state index contributed by atoms with van der Waals surface area (Å²) >= 11 is 6.63. The molecule has 0 radical (unpaired) electrons. The number of carbonyl (C=O) groups excluding carboxylic acids is 2. The van der Waals surface area contributed by atoms with E-state index in [9.17, 15) is 14.0 Å². The summed E-state index contributed by atoms with van der Waals surface area (Å²) in [5.74, 6) is 0.257. The lowest BCUT2D eigenvalue weighted by atomic mass is 10.0. The third-order valence-corrected chi connectivity index (χ3v) is 6.88. The van der Waals surface area contributed by atoms with Gasteiger partial charge in [-0.2, -0.15) is 0 Å². The van der Waals surface area contributed by atoms with E-state index in [1.54, 1.807) is 36.2 Å². The zero-order valence-corrected chi connectivity index (χ0v) is 24.8. The highest BCUT2D eigenvalue weighted by Crippen LogP contribution is 2.36. The molecule has 2 amide bonds. The Bertz CT molecular complexity index is 1410. The first kappa shape index (κ1) is 31.4. The number of allylic oxidation sites excluding steroid dienone is 1. The number of amidine groups is 1. The predicted molar refractivity (Wildman–Crippen MR) is 163 cm³/mol. The summed E-state index contributed by atoms with van der Waals surface area (Å²) in [7, 11) is 1.63. The Labute approximate surface area is 246 Å². The van der Waals surface area contributed by atoms with Crippen LogP contribution in [-0.2, 0) is 9.59 Å². The largest absolute Gasteiger partial charge is 0.349 e. The number of halogens is 2. The van der Waals surface area contributed by atoms with Gasteiger partial charge in [0.05, 0.1) is 5.69 Å². The van der Waals surface area contributed by atoms with Crippen LogP contribution in [0.4, 0.5) is 15.9 Å². The van der Waals surface area contributed by atoms with E-state index >= 15 is 0 Å². The molecule has 3 aromatic rings. The summed E-state index contributed by atoms with van der Waals surface area (Å²) in [4.78, 5) is 43.1. The van der Waals surface area contributed by atoms with Crippen LogP contribution in [0.5, 0.6) is 0 Å². The minimum atomic E-state index is -0.509. The van der Waals surface area contributed by atoms with Gasteiger partial charge in [0.2, 0.25) is 12.8 Å². The van der Waals surface area contributed by atoms with E-state index in [-0.39, 0.29) is 39.9 Å². The number of aliphatic imine (C=N–C) groups is 1. The molecule has 0 saturated carbocycles. The standard InChI is InChI=1S/C28H30ClFN6O2.C3H6/c1-18(2)20-9-6-8-12-23(20)36(17-38)28-25(27(31-4)35-14-13-34(16-37)15-19(35)3)32-26(29)24(33-28)21-10-5-7-11-22(21)30;1-3-2/h5-12,16-19H,13-15H2,1-4H3;3H,1H2,2H3. The number of hydrogen-bond donors (Lipinski definition) is 0. The van der Waals surface area contributed by atoms with Gasteiger partial charge in [0.1, 0.15) is 11.5 Å². The second kappa shape index (κ2) is 14.5. The maximum absolute atomic E-state index is 14.8. The summed E-state index contributed by atoms with van der Waals surface area (Å²) in [6.07, 6.45) is 3.26. The van der Waals surface area contributed by atoms with Gasteiger partial charge in [-0.25, -0.2) is 14.4 Å². The molecule has 1 fully saturated rings.